The number of aliphatic hydroxyl groups is 1. The van der Waals surface area contributed by atoms with Gasteiger partial charge in [-0.1, -0.05) is 18.2 Å². The minimum Gasteiger partial charge on any atom is -0.391 e. The van der Waals surface area contributed by atoms with E-state index in [2.05, 4.69) is 10.3 Å². The lowest BCUT2D eigenvalue weighted by atomic mass is 10.0. The van der Waals surface area contributed by atoms with Crippen LogP contribution in [0.5, 0.6) is 0 Å². The molecular formula is C18H22N4O3. The number of aromatic nitrogens is 2. The molecule has 1 aromatic carbocycles. The number of hydrogen-bond acceptors (Lipinski definition) is 5. The zero-order valence-corrected chi connectivity index (χ0v) is 14.3. The monoisotopic (exact) mass is 342 g/mol. The van der Waals surface area contributed by atoms with Crippen LogP contribution in [0.15, 0.2) is 41.2 Å². The number of hydrogen-bond donors (Lipinski definition) is 2. The van der Waals surface area contributed by atoms with Crippen molar-refractivity contribution in [2.75, 3.05) is 25.0 Å². The van der Waals surface area contributed by atoms with Crippen LogP contribution in [-0.4, -0.2) is 46.8 Å². The highest BCUT2D eigenvalue weighted by Crippen LogP contribution is 2.24. The average molecular weight is 342 g/mol. The van der Waals surface area contributed by atoms with Gasteiger partial charge in [0.1, 0.15) is 11.6 Å². The Labute approximate surface area is 145 Å². The molecule has 1 aliphatic rings. The minimum absolute atomic E-state index is 0.102. The predicted octanol–water partition coefficient (Wildman–Crippen LogP) is 0.474. The smallest absolute Gasteiger partial charge is 0.260 e. The van der Waals surface area contributed by atoms with Crippen LogP contribution in [0.4, 0.5) is 5.82 Å². The summed E-state index contributed by atoms with van der Waals surface area (Å²) in [6.45, 7) is 2.64. The topological polar surface area (TPSA) is 87.5 Å². The van der Waals surface area contributed by atoms with Crippen LogP contribution in [0.2, 0.25) is 0 Å². The van der Waals surface area contributed by atoms with Gasteiger partial charge in [0.15, 0.2) is 0 Å². The lowest BCUT2D eigenvalue weighted by Crippen LogP contribution is -2.28. The Morgan fingerprint density at radius 1 is 1.32 bits per heavy atom. The molecule has 132 valence electrons. The number of carbonyl (C=O) groups is 1. The van der Waals surface area contributed by atoms with Crippen molar-refractivity contribution in [2.45, 2.75) is 19.4 Å². The molecule has 1 aromatic heterocycles. The third-order valence-corrected chi connectivity index (χ3v) is 4.54. The number of aryl methyl sites for hydroxylation is 1. The first-order valence-corrected chi connectivity index (χ1v) is 8.29. The standard InChI is InChI=1S/C18H22N4O3/c1-12-20-16(9-18(25)22(12)14-6-4-3-5-7-14)21-10-13(15(23)11-21)8-17(24)19-2/h3-7,9,13,15,23H,8,10-11H2,1-2H3,(H,19,24)/t13-,15-/m1/s1. The molecule has 0 bridgehead atoms. The van der Waals surface area contributed by atoms with Crippen LogP contribution in [-0.2, 0) is 4.79 Å². The van der Waals surface area contributed by atoms with E-state index in [1.165, 1.54) is 6.07 Å². The molecule has 1 amide bonds. The zero-order valence-electron chi connectivity index (χ0n) is 14.3. The lowest BCUT2D eigenvalue weighted by molar-refractivity contribution is -0.122. The molecule has 25 heavy (non-hydrogen) atoms. The van der Waals surface area contributed by atoms with Crippen LogP contribution in [0.1, 0.15) is 12.2 Å². The Hall–Kier alpha value is -2.67. The van der Waals surface area contributed by atoms with Crippen molar-refractivity contribution in [3.05, 3.63) is 52.6 Å². The van der Waals surface area contributed by atoms with E-state index in [1.807, 2.05) is 35.2 Å². The van der Waals surface area contributed by atoms with Gasteiger partial charge in [0, 0.05) is 38.5 Å². The van der Waals surface area contributed by atoms with Gasteiger partial charge in [0.05, 0.1) is 11.8 Å². The summed E-state index contributed by atoms with van der Waals surface area (Å²) in [5.41, 5.74) is 0.598. The molecule has 0 spiro atoms. The van der Waals surface area contributed by atoms with Crippen LogP contribution in [0.25, 0.3) is 5.69 Å². The van der Waals surface area contributed by atoms with Gasteiger partial charge in [0.2, 0.25) is 5.91 Å². The predicted molar refractivity (Wildman–Crippen MR) is 95.0 cm³/mol. The second-order valence-corrected chi connectivity index (χ2v) is 6.28. The Bertz CT molecular complexity index is 819. The molecule has 0 saturated carbocycles. The van der Waals surface area contributed by atoms with Crippen LogP contribution >= 0.6 is 0 Å². The maximum Gasteiger partial charge on any atom is 0.260 e. The van der Waals surface area contributed by atoms with Crippen molar-refractivity contribution in [1.82, 2.24) is 14.9 Å². The molecule has 1 saturated heterocycles. The van der Waals surface area contributed by atoms with Crippen molar-refractivity contribution in [3.63, 3.8) is 0 Å². The molecule has 2 atom stereocenters. The molecular weight excluding hydrogens is 320 g/mol. The SMILES string of the molecule is CNC(=O)C[C@@H]1CN(c2cc(=O)n(-c3ccccc3)c(C)n2)C[C@H]1O. The summed E-state index contributed by atoms with van der Waals surface area (Å²) < 4.78 is 1.55. The minimum atomic E-state index is -0.615. The summed E-state index contributed by atoms with van der Waals surface area (Å²) in [4.78, 5) is 30.5. The second-order valence-electron chi connectivity index (χ2n) is 6.28. The van der Waals surface area contributed by atoms with E-state index in [0.717, 1.165) is 5.69 Å². The van der Waals surface area contributed by atoms with E-state index in [1.54, 1.807) is 18.5 Å². The highest BCUT2D eigenvalue weighted by atomic mass is 16.3. The Morgan fingerprint density at radius 3 is 2.68 bits per heavy atom. The lowest BCUT2D eigenvalue weighted by Gasteiger charge is -2.19. The molecule has 7 nitrogen and oxygen atoms in total. The summed E-state index contributed by atoms with van der Waals surface area (Å²) in [5.74, 6) is 0.847. The summed E-state index contributed by atoms with van der Waals surface area (Å²) in [6.07, 6.45) is -0.357. The third-order valence-electron chi connectivity index (χ3n) is 4.54. The average Bonchev–Trinajstić information content (AvgIpc) is 2.96. The van der Waals surface area contributed by atoms with E-state index in [4.69, 9.17) is 0 Å². The van der Waals surface area contributed by atoms with Crippen molar-refractivity contribution in [3.8, 4) is 5.69 Å². The third kappa shape index (κ3) is 3.56. The first-order chi connectivity index (χ1) is 12.0. The van der Waals surface area contributed by atoms with Gasteiger partial charge in [-0.25, -0.2) is 4.98 Å². The number of benzene rings is 1. The van der Waals surface area contributed by atoms with Gasteiger partial charge in [-0.05, 0) is 19.1 Å². The van der Waals surface area contributed by atoms with Gasteiger partial charge in [-0.3, -0.25) is 14.2 Å². The van der Waals surface area contributed by atoms with Crippen molar-refractivity contribution in [2.24, 2.45) is 5.92 Å². The molecule has 2 N–H and O–H groups in total. The van der Waals surface area contributed by atoms with Gasteiger partial charge < -0.3 is 15.3 Å². The molecule has 7 heteroatoms. The fourth-order valence-corrected chi connectivity index (χ4v) is 3.22. The first-order valence-electron chi connectivity index (χ1n) is 8.29. The second kappa shape index (κ2) is 7.06. The highest BCUT2D eigenvalue weighted by Gasteiger charge is 2.33. The summed E-state index contributed by atoms with van der Waals surface area (Å²) >= 11 is 0. The number of carbonyl (C=O) groups excluding carboxylic acids is 1. The number of nitrogens with one attached hydrogen (secondary N) is 1. The number of amides is 1. The fraction of sp³-hybridized carbons (Fsp3) is 0.389. The van der Waals surface area contributed by atoms with Crippen LogP contribution in [0, 0.1) is 12.8 Å². The molecule has 1 fully saturated rings. The highest BCUT2D eigenvalue weighted by molar-refractivity contribution is 5.76. The van der Waals surface area contributed by atoms with E-state index >= 15 is 0 Å². The molecule has 3 rings (SSSR count). The number of nitrogens with zero attached hydrogens (tertiary/aromatic N) is 3. The largest absolute Gasteiger partial charge is 0.391 e. The molecule has 2 heterocycles. The number of rotatable bonds is 4. The van der Waals surface area contributed by atoms with Crippen molar-refractivity contribution in [1.29, 1.82) is 0 Å². The Kier molecular flexibility index (Phi) is 4.85. The summed E-state index contributed by atoms with van der Waals surface area (Å²) in [7, 11) is 1.58. The number of aliphatic hydroxyl groups excluding tert-OH is 1. The maximum atomic E-state index is 12.6. The van der Waals surface area contributed by atoms with E-state index in [0.29, 0.717) is 24.7 Å². The molecule has 0 radical (unpaired) electrons. The fourth-order valence-electron chi connectivity index (χ4n) is 3.22. The van der Waals surface area contributed by atoms with Gasteiger partial charge in [-0.15, -0.1) is 0 Å². The summed E-state index contributed by atoms with van der Waals surface area (Å²) in [6, 6.07) is 10.8. The van der Waals surface area contributed by atoms with E-state index in [9.17, 15) is 14.7 Å². The quantitative estimate of drug-likeness (QED) is 0.844. The van der Waals surface area contributed by atoms with Crippen molar-refractivity contribution < 1.29 is 9.90 Å². The van der Waals surface area contributed by atoms with E-state index < -0.39 is 6.10 Å². The number of para-hydroxylation sites is 1. The Balaban J connectivity index is 1.85. The summed E-state index contributed by atoms with van der Waals surface area (Å²) in [5, 5.41) is 12.8. The number of β-amino-alcohol motifs (C(OH)–C–C–N with tert-alkyl or cyclic N) is 1. The van der Waals surface area contributed by atoms with Crippen LogP contribution in [0.3, 0.4) is 0 Å². The molecule has 0 aliphatic carbocycles. The van der Waals surface area contributed by atoms with Crippen molar-refractivity contribution >= 4 is 11.7 Å². The molecule has 2 aromatic rings. The van der Waals surface area contributed by atoms with Gasteiger partial charge in [0.25, 0.3) is 5.56 Å². The van der Waals surface area contributed by atoms with Crippen LogP contribution < -0.4 is 15.8 Å². The maximum absolute atomic E-state index is 12.6. The normalized spacial score (nSPS) is 19.9. The molecule has 0 unspecified atom stereocenters. The van der Waals surface area contributed by atoms with Gasteiger partial charge >= 0.3 is 0 Å². The first kappa shape index (κ1) is 17.2. The number of anilines is 1. The van der Waals surface area contributed by atoms with Gasteiger partial charge in [-0.2, -0.15) is 0 Å². The van der Waals surface area contributed by atoms with E-state index in [-0.39, 0.29) is 23.8 Å². The molecule has 1 aliphatic heterocycles. The Morgan fingerprint density at radius 2 is 2.04 bits per heavy atom. The zero-order chi connectivity index (χ0) is 18.0.